The Bertz CT molecular complexity index is 444. The molecule has 2 rings (SSSR count). The van der Waals surface area contributed by atoms with Crippen LogP contribution in [-0.2, 0) is 10.3 Å². The van der Waals surface area contributed by atoms with Crippen LogP contribution < -0.4 is 11.1 Å². The second kappa shape index (κ2) is 6.37. The molecule has 0 spiro atoms. The first-order valence-corrected chi connectivity index (χ1v) is 7.41. The van der Waals surface area contributed by atoms with E-state index in [0.29, 0.717) is 12.6 Å². The highest BCUT2D eigenvalue weighted by Crippen LogP contribution is 2.30. The summed E-state index contributed by atoms with van der Waals surface area (Å²) in [7, 11) is 2.08. The highest BCUT2D eigenvalue weighted by Gasteiger charge is 2.41. The molecular weight excluding hydrogens is 250 g/mol. The Balaban J connectivity index is 2.30. The fourth-order valence-electron chi connectivity index (χ4n) is 2.64. The number of likely N-dealkylation sites (N-methyl/N-ethyl adjacent to an activating group) is 1. The van der Waals surface area contributed by atoms with Gasteiger partial charge in [0.1, 0.15) is 5.54 Å². The van der Waals surface area contributed by atoms with Gasteiger partial charge >= 0.3 is 0 Å². The van der Waals surface area contributed by atoms with E-state index in [1.165, 1.54) is 12.8 Å². The zero-order chi connectivity index (χ0) is 14.6. The van der Waals surface area contributed by atoms with Crippen molar-refractivity contribution in [1.82, 2.24) is 10.2 Å². The van der Waals surface area contributed by atoms with Crippen molar-refractivity contribution >= 4 is 5.91 Å². The number of carbonyl (C=O) groups is 1. The predicted octanol–water partition coefficient (Wildman–Crippen LogP) is 1.46. The number of hydrogen-bond acceptors (Lipinski definition) is 3. The van der Waals surface area contributed by atoms with E-state index in [1.807, 2.05) is 30.3 Å². The molecular formula is C16H25N3O. The summed E-state index contributed by atoms with van der Waals surface area (Å²) in [6.45, 7) is 3.49. The summed E-state index contributed by atoms with van der Waals surface area (Å²) < 4.78 is 0. The molecule has 1 atom stereocenters. The van der Waals surface area contributed by atoms with E-state index < -0.39 is 5.54 Å². The molecule has 4 heteroatoms. The molecule has 0 saturated heterocycles. The van der Waals surface area contributed by atoms with Gasteiger partial charge in [-0.1, -0.05) is 37.3 Å². The largest absolute Gasteiger partial charge is 0.368 e. The average molecular weight is 275 g/mol. The molecule has 0 aliphatic heterocycles. The lowest BCUT2D eigenvalue weighted by Crippen LogP contribution is -2.59. The van der Waals surface area contributed by atoms with Crippen molar-refractivity contribution in [3.05, 3.63) is 35.9 Å². The summed E-state index contributed by atoms with van der Waals surface area (Å²) >= 11 is 0. The summed E-state index contributed by atoms with van der Waals surface area (Å²) in [6, 6.07) is 10.4. The van der Waals surface area contributed by atoms with E-state index in [0.717, 1.165) is 18.5 Å². The number of benzene rings is 1. The first kappa shape index (κ1) is 15.0. The summed E-state index contributed by atoms with van der Waals surface area (Å²) in [4.78, 5) is 14.5. The maximum atomic E-state index is 12.2. The van der Waals surface area contributed by atoms with Crippen molar-refractivity contribution in [2.75, 3.05) is 20.1 Å². The number of rotatable bonds is 8. The van der Waals surface area contributed by atoms with Gasteiger partial charge < -0.3 is 10.6 Å². The Morgan fingerprint density at radius 3 is 2.55 bits per heavy atom. The number of carbonyl (C=O) groups excluding carboxylic acids is 1. The van der Waals surface area contributed by atoms with E-state index in [2.05, 4.69) is 24.2 Å². The van der Waals surface area contributed by atoms with E-state index in [9.17, 15) is 4.79 Å². The standard InChI is InChI=1S/C16H25N3O/c1-3-11-18-16(15(17)20,12-19(2)14-9-10-14)13-7-5-4-6-8-13/h4-8,14,18H,3,9-12H2,1-2H3,(H2,17,20). The fraction of sp³-hybridized carbons (Fsp3) is 0.562. The van der Waals surface area contributed by atoms with Crippen LogP contribution >= 0.6 is 0 Å². The zero-order valence-electron chi connectivity index (χ0n) is 12.4. The monoisotopic (exact) mass is 275 g/mol. The number of nitrogens with two attached hydrogens (primary N) is 1. The van der Waals surface area contributed by atoms with E-state index in [4.69, 9.17) is 5.73 Å². The zero-order valence-corrected chi connectivity index (χ0v) is 12.4. The van der Waals surface area contributed by atoms with Gasteiger partial charge in [-0.15, -0.1) is 0 Å². The highest BCUT2D eigenvalue weighted by molar-refractivity contribution is 5.86. The summed E-state index contributed by atoms with van der Waals surface area (Å²) in [6.07, 6.45) is 3.40. The van der Waals surface area contributed by atoms with Crippen LogP contribution in [0.25, 0.3) is 0 Å². The Morgan fingerprint density at radius 1 is 1.40 bits per heavy atom. The van der Waals surface area contributed by atoms with Crippen LogP contribution in [0.5, 0.6) is 0 Å². The van der Waals surface area contributed by atoms with Crippen LogP contribution in [0.4, 0.5) is 0 Å². The van der Waals surface area contributed by atoms with E-state index >= 15 is 0 Å². The van der Waals surface area contributed by atoms with Gasteiger partial charge in [-0.3, -0.25) is 10.1 Å². The molecule has 0 radical (unpaired) electrons. The normalized spacial score (nSPS) is 17.9. The van der Waals surface area contributed by atoms with Crippen LogP contribution in [0.3, 0.4) is 0 Å². The predicted molar refractivity (Wildman–Crippen MR) is 81.3 cm³/mol. The Kier molecular flexibility index (Phi) is 4.78. The van der Waals surface area contributed by atoms with Crippen molar-refractivity contribution in [3.8, 4) is 0 Å². The first-order chi connectivity index (χ1) is 9.60. The lowest BCUT2D eigenvalue weighted by atomic mass is 9.88. The van der Waals surface area contributed by atoms with Crippen molar-refractivity contribution in [2.45, 2.75) is 37.8 Å². The smallest absolute Gasteiger partial charge is 0.243 e. The Hall–Kier alpha value is -1.39. The SMILES string of the molecule is CCCNC(CN(C)C1CC1)(C(N)=O)c1ccccc1. The molecule has 1 aliphatic rings. The minimum atomic E-state index is -0.797. The van der Waals surface area contributed by atoms with Gasteiger partial charge in [0.2, 0.25) is 5.91 Å². The molecule has 4 nitrogen and oxygen atoms in total. The third-order valence-electron chi connectivity index (χ3n) is 4.02. The third-order valence-corrected chi connectivity index (χ3v) is 4.02. The minimum Gasteiger partial charge on any atom is -0.368 e. The van der Waals surface area contributed by atoms with Gasteiger partial charge in [-0.2, -0.15) is 0 Å². The second-order valence-electron chi connectivity index (χ2n) is 5.71. The molecule has 1 saturated carbocycles. The second-order valence-corrected chi connectivity index (χ2v) is 5.71. The molecule has 1 unspecified atom stereocenters. The Labute approximate surface area is 121 Å². The third kappa shape index (κ3) is 3.19. The van der Waals surface area contributed by atoms with Crippen LogP contribution in [-0.4, -0.2) is 37.0 Å². The molecule has 0 bridgehead atoms. The van der Waals surface area contributed by atoms with Gasteiger partial charge in [0.15, 0.2) is 0 Å². The van der Waals surface area contributed by atoms with Gasteiger partial charge in [0.05, 0.1) is 0 Å². The van der Waals surface area contributed by atoms with Crippen molar-refractivity contribution in [1.29, 1.82) is 0 Å². The Morgan fingerprint density at radius 2 is 2.05 bits per heavy atom. The minimum absolute atomic E-state index is 0.301. The molecule has 1 fully saturated rings. The lowest BCUT2D eigenvalue weighted by molar-refractivity contribution is -0.125. The van der Waals surface area contributed by atoms with Crippen molar-refractivity contribution in [2.24, 2.45) is 5.73 Å². The molecule has 0 aromatic heterocycles. The van der Waals surface area contributed by atoms with Crippen LogP contribution in [0.15, 0.2) is 30.3 Å². The molecule has 20 heavy (non-hydrogen) atoms. The summed E-state index contributed by atoms with van der Waals surface area (Å²) in [5.74, 6) is -0.301. The van der Waals surface area contributed by atoms with Crippen LogP contribution in [0.2, 0.25) is 0 Å². The molecule has 1 aromatic carbocycles. The highest BCUT2D eigenvalue weighted by atomic mass is 16.1. The maximum Gasteiger partial charge on any atom is 0.243 e. The number of nitrogens with one attached hydrogen (secondary N) is 1. The van der Waals surface area contributed by atoms with Gasteiger partial charge in [-0.25, -0.2) is 0 Å². The van der Waals surface area contributed by atoms with Crippen molar-refractivity contribution < 1.29 is 4.79 Å². The van der Waals surface area contributed by atoms with Crippen molar-refractivity contribution in [3.63, 3.8) is 0 Å². The molecule has 3 N–H and O–H groups in total. The van der Waals surface area contributed by atoms with Gasteiger partial charge in [-0.05, 0) is 38.4 Å². The summed E-state index contributed by atoms with van der Waals surface area (Å²) in [5.41, 5.74) is 5.94. The number of nitrogens with zero attached hydrogens (tertiary/aromatic N) is 1. The summed E-state index contributed by atoms with van der Waals surface area (Å²) in [5, 5.41) is 3.40. The maximum absolute atomic E-state index is 12.2. The first-order valence-electron chi connectivity index (χ1n) is 7.41. The van der Waals surface area contributed by atoms with E-state index in [1.54, 1.807) is 0 Å². The quantitative estimate of drug-likeness (QED) is 0.755. The fourth-order valence-corrected chi connectivity index (χ4v) is 2.64. The lowest BCUT2D eigenvalue weighted by Gasteiger charge is -2.36. The van der Waals surface area contributed by atoms with Gasteiger partial charge in [0, 0.05) is 12.6 Å². The van der Waals surface area contributed by atoms with Crippen LogP contribution in [0.1, 0.15) is 31.7 Å². The molecule has 1 aliphatic carbocycles. The average Bonchev–Trinajstić information content (AvgIpc) is 3.28. The number of hydrogen-bond donors (Lipinski definition) is 2. The van der Waals surface area contributed by atoms with E-state index in [-0.39, 0.29) is 5.91 Å². The number of amides is 1. The number of primary amides is 1. The molecule has 1 aromatic rings. The van der Waals surface area contributed by atoms with Crippen LogP contribution in [0, 0.1) is 0 Å². The molecule has 0 heterocycles. The molecule has 110 valence electrons. The molecule has 1 amide bonds. The topological polar surface area (TPSA) is 58.4 Å². The van der Waals surface area contributed by atoms with Gasteiger partial charge in [0.25, 0.3) is 0 Å².